The fourth-order valence-electron chi connectivity index (χ4n) is 2.95. The molecule has 3 aromatic rings. The van der Waals surface area contributed by atoms with E-state index in [-0.39, 0.29) is 0 Å². The number of nitrogens with zero attached hydrogens (tertiary/aromatic N) is 3. The monoisotopic (exact) mass is 374 g/mol. The van der Waals surface area contributed by atoms with Crippen LogP contribution in [0.25, 0.3) is 11.1 Å². The van der Waals surface area contributed by atoms with Crippen molar-refractivity contribution in [3.8, 4) is 11.1 Å². The largest absolute Gasteiger partial charge is 0.416 e. The third-order valence-electron chi connectivity index (χ3n) is 4.40. The Morgan fingerprint density at radius 3 is 1.96 bits per heavy atom. The summed E-state index contributed by atoms with van der Waals surface area (Å²) < 4.78 is 40.1. The first kappa shape index (κ1) is 19.1. The summed E-state index contributed by atoms with van der Waals surface area (Å²) in [4.78, 5) is 0. The van der Waals surface area contributed by atoms with Crippen LogP contribution in [0.15, 0.2) is 48.5 Å². The molecule has 0 spiro atoms. The van der Waals surface area contributed by atoms with Gasteiger partial charge >= 0.3 is 6.18 Å². The summed E-state index contributed by atoms with van der Waals surface area (Å²) in [5.74, 6) is 1.65. The first-order valence-corrected chi connectivity index (χ1v) is 8.80. The van der Waals surface area contributed by atoms with Crippen molar-refractivity contribution < 1.29 is 13.2 Å². The summed E-state index contributed by atoms with van der Waals surface area (Å²) in [6.45, 7) is 3.02. The van der Waals surface area contributed by atoms with Gasteiger partial charge in [0, 0.05) is 6.42 Å². The van der Waals surface area contributed by atoms with Gasteiger partial charge in [-0.05, 0) is 35.2 Å². The van der Waals surface area contributed by atoms with E-state index in [0.717, 1.165) is 53.3 Å². The molecule has 1 aromatic heterocycles. The normalized spacial score (nSPS) is 11.7. The van der Waals surface area contributed by atoms with Gasteiger partial charge in [-0.25, -0.2) is 0 Å². The van der Waals surface area contributed by atoms with Gasteiger partial charge in [0.1, 0.15) is 11.6 Å². The Bertz CT molecular complexity index is 881. The Balaban J connectivity index is 1.79. The van der Waals surface area contributed by atoms with Crippen molar-refractivity contribution in [3.05, 3.63) is 71.3 Å². The molecule has 1 heterocycles. The van der Waals surface area contributed by atoms with E-state index < -0.39 is 11.7 Å². The molecule has 3 rings (SSSR count). The Morgan fingerprint density at radius 1 is 0.889 bits per heavy atom. The summed E-state index contributed by atoms with van der Waals surface area (Å²) in [5, 5.41) is 8.35. The van der Waals surface area contributed by atoms with Gasteiger partial charge < -0.3 is 10.3 Å². The van der Waals surface area contributed by atoms with Crippen molar-refractivity contribution in [2.24, 2.45) is 5.73 Å². The molecule has 0 radical (unpaired) electrons. The molecule has 27 heavy (non-hydrogen) atoms. The molecule has 0 atom stereocenters. The molecule has 7 heteroatoms. The van der Waals surface area contributed by atoms with Crippen LogP contribution in [-0.2, 0) is 25.7 Å². The van der Waals surface area contributed by atoms with Crippen LogP contribution in [0.4, 0.5) is 13.2 Å². The molecule has 0 saturated carbocycles. The van der Waals surface area contributed by atoms with E-state index in [9.17, 15) is 13.2 Å². The zero-order valence-corrected chi connectivity index (χ0v) is 15.0. The molecule has 0 unspecified atom stereocenters. The predicted molar refractivity (Wildman–Crippen MR) is 97.9 cm³/mol. The van der Waals surface area contributed by atoms with Gasteiger partial charge in [-0.2, -0.15) is 13.2 Å². The first-order chi connectivity index (χ1) is 12.9. The highest BCUT2D eigenvalue weighted by molar-refractivity contribution is 5.64. The third kappa shape index (κ3) is 4.36. The van der Waals surface area contributed by atoms with Crippen molar-refractivity contribution in [3.63, 3.8) is 0 Å². The maximum atomic E-state index is 12.7. The second-order valence-corrected chi connectivity index (χ2v) is 6.34. The van der Waals surface area contributed by atoms with Crippen LogP contribution in [-0.4, -0.2) is 14.8 Å². The fraction of sp³-hybridized carbons (Fsp3) is 0.300. The fourth-order valence-corrected chi connectivity index (χ4v) is 2.95. The number of hydrogen-bond acceptors (Lipinski definition) is 3. The lowest BCUT2D eigenvalue weighted by atomic mass is 10.0. The SMILES string of the molecule is CCCc1nnc(CN)n1Cc1ccc(-c2ccc(C(F)(F)F)cc2)cc1. The molecule has 0 saturated heterocycles. The molecule has 4 nitrogen and oxygen atoms in total. The molecule has 0 aliphatic carbocycles. The zero-order chi connectivity index (χ0) is 19.4. The number of aromatic nitrogens is 3. The molecular formula is C20H21F3N4. The summed E-state index contributed by atoms with van der Waals surface area (Å²) in [5.41, 5.74) is 7.77. The van der Waals surface area contributed by atoms with Gasteiger partial charge in [0.15, 0.2) is 0 Å². The van der Waals surface area contributed by atoms with Gasteiger partial charge in [0.2, 0.25) is 0 Å². The lowest BCUT2D eigenvalue weighted by Crippen LogP contribution is -2.12. The van der Waals surface area contributed by atoms with Gasteiger partial charge in [-0.3, -0.25) is 0 Å². The van der Waals surface area contributed by atoms with E-state index in [4.69, 9.17) is 5.73 Å². The molecule has 0 aliphatic heterocycles. The molecule has 0 fully saturated rings. The minimum Gasteiger partial charge on any atom is -0.324 e. The minimum atomic E-state index is -4.32. The lowest BCUT2D eigenvalue weighted by molar-refractivity contribution is -0.137. The van der Waals surface area contributed by atoms with Crippen LogP contribution >= 0.6 is 0 Å². The second kappa shape index (κ2) is 7.92. The average Bonchev–Trinajstić information content (AvgIpc) is 3.04. The van der Waals surface area contributed by atoms with E-state index in [2.05, 4.69) is 17.1 Å². The summed E-state index contributed by atoms with van der Waals surface area (Å²) in [6, 6.07) is 12.9. The van der Waals surface area contributed by atoms with E-state index in [1.165, 1.54) is 12.1 Å². The maximum Gasteiger partial charge on any atom is 0.416 e. The van der Waals surface area contributed by atoms with Crippen LogP contribution < -0.4 is 5.73 Å². The predicted octanol–water partition coefficient (Wildman–Crippen LogP) is 4.42. The van der Waals surface area contributed by atoms with Gasteiger partial charge in [-0.15, -0.1) is 10.2 Å². The number of hydrogen-bond donors (Lipinski definition) is 1. The van der Waals surface area contributed by atoms with Crippen LogP contribution in [0.3, 0.4) is 0 Å². The van der Waals surface area contributed by atoms with Crippen molar-refractivity contribution in [1.82, 2.24) is 14.8 Å². The van der Waals surface area contributed by atoms with Gasteiger partial charge in [-0.1, -0.05) is 43.3 Å². The van der Waals surface area contributed by atoms with E-state index in [0.29, 0.717) is 13.1 Å². The summed E-state index contributed by atoms with van der Waals surface area (Å²) in [6.07, 6.45) is -2.52. The molecule has 0 aliphatic rings. The molecule has 2 N–H and O–H groups in total. The maximum absolute atomic E-state index is 12.7. The van der Waals surface area contributed by atoms with Crippen molar-refractivity contribution >= 4 is 0 Å². The standard InChI is InChI=1S/C20H21F3N4/c1-2-3-18-25-26-19(12-24)27(18)13-14-4-6-15(7-5-14)16-8-10-17(11-9-16)20(21,22)23/h4-11H,2-3,12-13,24H2,1H3. The van der Waals surface area contributed by atoms with E-state index in [1.54, 1.807) is 0 Å². The summed E-state index contributed by atoms with van der Waals surface area (Å²) >= 11 is 0. The molecular weight excluding hydrogens is 353 g/mol. The number of nitrogens with two attached hydrogens (primary N) is 1. The summed E-state index contributed by atoms with van der Waals surface area (Å²) in [7, 11) is 0. The highest BCUT2D eigenvalue weighted by Gasteiger charge is 2.29. The van der Waals surface area contributed by atoms with Crippen LogP contribution in [0.2, 0.25) is 0 Å². The van der Waals surface area contributed by atoms with Crippen LogP contribution in [0.1, 0.15) is 36.1 Å². The zero-order valence-electron chi connectivity index (χ0n) is 15.0. The van der Waals surface area contributed by atoms with Gasteiger partial charge in [0.05, 0.1) is 18.7 Å². The third-order valence-corrected chi connectivity index (χ3v) is 4.40. The highest BCUT2D eigenvalue weighted by Crippen LogP contribution is 2.31. The Labute approximate surface area is 155 Å². The van der Waals surface area contributed by atoms with Crippen molar-refractivity contribution in [2.75, 3.05) is 0 Å². The molecule has 0 amide bonds. The Hall–Kier alpha value is -2.67. The Kier molecular flexibility index (Phi) is 5.60. The number of benzene rings is 2. The Morgan fingerprint density at radius 2 is 1.44 bits per heavy atom. The van der Waals surface area contributed by atoms with E-state index >= 15 is 0 Å². The number of rotatable bonds is 6. The number of aryl methyl sites for hydroxylation is 1. The van der Waals surface area contributed by atoms with Crippen LogP contribution in [0.5, 0.6) is 0 Å². The van der Waals surface area contributed by atoms with E-state index in [1.807, 2.05) is 28.8 Å². The minimum absolute atomic E-state index is 0.320. The molecule has 2 aromatic carbocycles. The van der Waals surface area contributed by atoms with Crippen LogP contribution in [0, 0.1) is 0 Å². The first-order valence-electron chi connectivity index (χ1n) is 8.80. The number of alkyl halides is 3. The van der Waals surface area contributed by atoms with Gasteiger partial charge in [0.25, 0.3) is 0 Å². The van der Waals surface area contributed by atoms with Crippen molar-refractivity contribution in [2.45, 2.75) is 39.0 Å². The van der Waals surface area contributed by atoms with Crippen molar-refractivity contribution in [1.29, 1.82) is 0 Å². The molecule has 142 valence electrons. The lowest BCUT2D eigenvalue weighted by Gasteiger charge is -2.11. The smallest absolute Gasteiger partial charge is 0.324 e. The second-order valence-electron chi connectivity index (χ2n) is 6.34. The number of halogens is 3. The topological polar surface area (TPSA) is 56.7 Å². The average molecular weight is 374 g/mol. The highest BCUT2D eigenvalue weighted by atomic mass is 19.4. The quantitative estimate of drug-likeness (QED) is 0.695. The molecule has 0 bridgehead atoms.